The highest BCUT2D eigenvalue weighted by atomic mass is 19.3. The molecule has 0 amide bonds. The molecule has 1 aliphatic rings. The molecular weight excluding hydrogens is 226 g/mol. The predicted octanol–water partition coefficient (Wildman–Crippen LogP) is 1.99. The Morgan fingerprint density at radius 2 is 2.24 bits per heavy atom. The number of hydrogen-bond acceptors (Lipinski definition) is 3. The summed E-state index contributed by atoms with van der Waals surface area (Å²) >= 11 is 0. The molecule has 1 atom stereocenters. The highest BCUT2D eigenvalue weighted by Crippen LogP contribution is 2.42. The van der Waals surface area contributed by atoms with Gasteiger partial charge in [0.05, 0.1) is 19.6 Å². The molecule has 1 aromatic rings. The first-order valence-electron chi connectivity index (χ1n) is 5.56. The van der Waals surface area contributed by atoms with Crippen molar-refractivity contribution in [2.24, 2.45) is 0 Å². The number of nitrogen functional groups attached to an aromatic ring is 1. The van der Waals surface area contributed by atoms with Gasteiger partial charge in [0, 0.05) is 17.3 Å². The molecule has 94 valence electrons. The number of anilines is 1. The number of methoxy groups -OCH3 is 1. The average Bonchev–Trinajstić information content (AvgIpc) is 2.29. The minimum Gasteiger partial charge on any atom is -0.496 e. The lowest BCUT2D eigenvalue weighted by atomic mass is 9.86. The lowest BCUT2D eigenvalue weighted by molar-refractivity contribution is -0.0425. The van der Waals surface area contributed by atoms with Gasteiger partial charge in [0.2, 0.25) is 0 Å². The van der Waals surface area contributed by atoms with Gasteiger partial charge in [0.25, 0.3) is 5.92 Å². The quantitative estimate of drug-likeness (QED) is 0.780. The molecule has 1 fully saturated rings. The van der Waals surface area contributed by atoms with Crippen molar-refractivity contribution < 1.29 is 13.5 Å². The van der Waals surface area contributed by atoms with Gasteiger partial charge in [-0.15, -0.1) is 0 Å². The zero-order valence-corrected chi connectivity index (χ0v) is 9.67. The van der Waals surface area contributed by atoms with Gasteiger partial charge >= 0.3 is 0 Å². The summed E-state index contributed by atoms with van der Waals surface area (Å²) in [6.07, 6.45) is 0.396. The van der Waals surface area contributed by atoms with E-state index in [9.17, 15) is 8.78 Å². The Balaban J connectivity index is 2.38. The van der Waals surface area contributed by atoms with E-state index in [1.807, 2.05) is 0 Å². The SMILES string of the molecule is COc1cc(N)ccc1C1CCNCC1(F)F. The van der Waals surface area contributed by atoms with E-state index in [4.69, 9.17) is 10.5 Å². The summed E-state index contributed by atoms with van der Waals surface area (Å²) in [6, 6.07) is 4.86. The molecule has 1 unspecified atom stereocenters. The summed E-state index contributed by atoms with van der Waals surface area (Å²) in [7, 11) is 1.47. The lowest BCUT2D eigenvalue weighted by Crippen LogP contribution is -2.44. The Labute approximate surface area is 98.9 Å². The van der Waals surface area contributed by atoms with Crippen molar-refractivity contribution >= 4 is 5.69 Å². The van der Waals surface area contributed by atoms with Crippen LogP contribution in [0.1, 0.15) is 17.9 Å². The maximum Gasteiger partial charge on any atom is 0.267 e. The van der Waals surface area contributed by atoms with Gasteiger partial charge in [0.15, 0.2) is 0 Å². The summed E-state index contributed by atoms with van der Waals surface area (Å²) in [6.45, 7) is 0.305. The minimum atomic E-state index is -2.75. The number of piperidine rings is 1. The molecule has 0 bridgehead atoms. The highest BCUT2D eigenvalue weighted by Gasteiger charge is 2.43. The van der Waals surface area contributed by atoms with Crippen molar-refractivity contribution in [1.82, 2.24) is 5.32 Å². The maximum absolute atomic E-state index is 13.8. The van der Waals surface area contributed by atoms with E-state index in [-0.39, 0.29) is 6.54 Å². The molecule has 17 heavy (non-hydrogen) atoms. The third kappa shape index (κ3) is 2.34. The van der Waals surface area contributed by atoms with Crippen LogP contribution in [0.3, 0.4) is 0 Å². The molecule has 0 radical (unpaired) electrons. The molecule has 1 heterocycles. The fraction of sp³-hybridized carbons (Fsp3) is 0.500. The molecule has 1 aliphatic heterocycles. The Morgan fingerprint density at radius 1 is 1.47 bits per heavy atom. The summed E-state index contributed by atoms with van der Waals surface area (Å²) in [4.78, 5) is 0. The number of nitrogens with one attached hydrogen (secondary N) is 1. The third-order valence-electron chi connectivity index (χ3n) is 3.11. The van der Waals surface area contributed by atoms with Crippen LogP contribution in [-0.4, -0.2) is 26.1 Å². The van der Waals surface area contributed by atoms with Crippen molar-refractivity contribution in [1.29, 1.82) is 0 Å². The number of rotatable bonds is 2. The second-order valence-electron chi connectivity index (χ2n) is 4.28. The predicted molar refractivity (Wildman–Crippen MR) is 62.6 cm³/mol. The Kier molecular flexibility index (Phi) is 3.19. The molecule has 5 heteroatoms. The van der Waals surface area contributed by atoms with E-state index in [2.05, 4.69) is 5.32 Å². The topological polar surface area (TPSA) is 47.3 Å². The number of hydrogen-bond donors (Lipinski definition) is 2. The van der Waals surface area contributed by atoms with Crippen LogP contribution in [-0.2, 0) is 0 Å². The van der Waals surface area contributed by atoms with Crippen LogP contribution in [0, 0.1) is 0 Å². The second kappa shape index (κ2) is 4.49. The first-order chi connectivity index (χ1) is 8.04. The van der Waals surface area contributed by atoms with Gasteiger partial charge in [-0.2, -0.15) is 0 Å². The van der Waals surface area contributed by atoms with E-state index >= 15 is 0 Å². The van der Waals surface area contributed by atoms with Crippen LogP contribution in [0.5, 0.6) is 5.75 Å². The van der Waals surface area contributed by atoms with E-state index in [1.54, 1.807) is 18.2 Å². The fourth-order valence-corrected chi connectivity index (χ4v) is 2.23. The standard InChI is InChI=1S/C12H16F2N2O/c1-17-11-6-8(15)2-3-9(11)10-4-5-16-7-12(10,13)14/h2-3,6,10,16H,4-5,7,15H2,1H3. The Hall–Kier alpha value is -1.36. The van der Waals surface area contributed by atoms with E-state index in [0.717, 1.165) is 0 Å². The zero-order valence-electron chi connectivity index (χ0n) is 9.67. The van der Waals surface area contributed by atoms with Gasteiger partial charge in [-0.3, -0.25) is 0 Å². The Bertz CT molecular complexity index is 409. The van der Waals surface area contributed by atoms with Crippen LogP contribution in [0.2, 0.25) is 0 Å². The number of nitrogens with two attached hydrogens (primary N) is 1. The van der Waals surface area contributed by atoms with Crippen LogP contribution < -0.4 is 15.8 Å². The van der Waals surface area contributed by atoms with E-state index in [1.165, 1.54) is 7.11 Å². The molecular formula is C12H16F2N2O. The van der Waals surface area contributed by atoms with Crippen molar-refractivity contribution in [3.05, 3.63) is 23.8 Å². The first kappa shape index (κ1) is 12.1. The molecule has 1 aromatic carbocycles. The van der Waals surface area contributed by atoms with Crippen molar-refractivity contribution in [3.63, 3.8) is 0 Å². The molecule has 3 nitrogen and oxygen atoms in total. The van der Waals surface area contributed by atoms with Gasteiger partial charge < -0.3 is 15.8 Å². The minimum absolute atomic E-state index is 0.287. The van der Waals surface area contributed by atoms with Crippen LogP contribution in [0.15, 0.2) is 18.2 Å². The molecule has 3 N–H and O–H groups in total. The number of alkyl halides is 2. The molecule has 0 spiro atoms. The molecule has 0 aromatic heterocycles. The monoisotopic (exact) mass is 242 g/mol. The van der Waals surface area contributed by atoms with Crippen molar-refractivity contribution in [2.75, 3.05) is 25.9 Å². The largest absolute Gasteiger partial charge is 0.496 e. The zero-order chi connectivity index (χ0) is 12.5. The van der Waals surface area contributed by atoms with Crippen LogP contribution in [0.4, 0.5) is 14.5 Å². The number of ether oxygens (including phenoxy) is 1. The van der Waals surface area contributed by atoms with E-state index in [0.29, 0.717) is 30.0 Å². The highest BCUT2D eigenvalue weighted by molar-refractivity contribution is 5.50. The summed E-state index contributed by atoms with van der Waals surface area (Å²) in [5.74, 6) is -3.11. The van der Waals surface area contributed by atoms with E-state index < -0.39 is 11.8 Å². The smallest absolute Gasteiger partial charge is 0.267 e. The normalized spacial score (nSPS) is 23.4. The summed E-state index contributed by atoms with van der Waals surface area (Å²) in [5, 5.41) is 2.71. The van der Waals surface area contributed by atoms with Gasteiger partial charge in [0.1, 0.15) is 5.75 Å². The fourth-order valence-electron chi connectivity index (χ4n) is 2.23. The number of benzene rings is 1. The molecule has 0 saturated carbocycles. The molecule has 0 aliphatic carbocycles. The van der Waals surface area contributed by atoms with Gasteiger partial charge in [-0.1, -0.05) is 6.07 Å². The summed E-state index contributed by atoms with van der Waals surface area (Å²) < 4.78 is 32.8. The van der Waals surface area contributed by atoms with Crippen LogP contribution in [0.25, 0.3) is 0 Å². The molecule has 1 saturated heterocycles. The van der Waals surface area contributed by atoms with Crippen LogP contribution >= 0.6 is 0 Å². The number of halogens is 2. The van der Waals surface area contributed by atoms with Gasteiger partial charge in [-0.25, -0.2) is 8.78 Å². The third-order valence-corrected chi connectivity index (χ3v) is 3.11. The second-order valence-corrected chi connectivity index (χ2v) is 4.28. The van der Waals surface area contributed by atoms with Gasteiger partial charge in [-0.05, 0) is 19.0 Å². The summed E-state index contributed by atoms with van der Waals surface area (Å²) in [5.41, 5.74) is 6.67. The average molecular weight is 242 g/mol. The Morgan fingerprint density at radius 3 is 2.88 bits per heavy atom. The van der Waals surface area contributed by atoms with Crippen molar-refractivity contribution in [2.45, 2.75) is 18.3 Å². The van der Waals surface area contributed by atoms with Crippen molar-refractivity contribution in [3.8, 4) is 5.75 Å². The first-order valence-corrected chi connectivity index (χ1v) is 5.56. The molecule has 2 rings (SSSR count). The lowest BCUT2D eigenvalue weighted by Gasteiger charge is -2.33. The maximum atomic E-state index is 13.8.